The van der Waals surface area contributed by atoms with Gasteiger partial charge in [-0.1, -0.05) is 35.9 Å². The summed E-state index contributed by atoms with van der Waals surface area (Å²) in [7, 11) is 0. The van der Waals surface area contributed by atoms with Crippen LogP contribution in [0.3, 0.4) is 0 Å². The minimum absolute atomic E-state index is 0.00509. The zero-order valence-electron chi connectivity index (χ0n) is 20.7. The average Bonchev–Trinajstić information content (AvgIpc) is 3.27. The van der Waals surface area contributed by atoms with Crippen LogP contribution >= 0.6 is 11.6 Å². The molecule has 0 bridgehead atoms. The molecule has 0 spiro atoms. The topological polar surface area (TPSA) is 53.7 Å². The van der Waals surface area contributed by atoms with E-state index in [1.807, 2.05) is 36.9 Å². The molecule has 1 fully saturated rings. The smallest absolute Gasteiger partial charge is 0.259 e. The van der Waals surface area contributed by atoms with Crippen molar-refractivity contribution >= 4 is 28.8 Å². The van der Waals surface area contributed by atoms with Crippen LogP contribution in [0.5, 0.6) is 0 Å². The summed E-state index contributed by atoms with van der Waals surface area (Å²) in [6, 6.07) is 14.4. The number of piperazine rings is 1. The van der Waals surface area contributed by atoms with Gasteiger partial charge in [0.1, 0.15) is 5.56 Å². The molecule has 7 heteroatoms. The molecule has 2 aromatic carbocycles. The van der Waals surface area contributed by atoms with Gasteiger partial charge in [-0.2, -0.15) is 5.10 Å². The number of anilines is 1. The Morgan fingerprint density at radius 2 is 1.77 bits per heavy atom. The minimum Gasteiger partial charge on any atom is -0.368 e. The van der Waals surface area contributed by atoms with Crippen LogP contribution < -0.4 is 4.90 Å². The Kier molecular flexibility index (Phi) is 6.24. The highest BCUT2D eigenvalue weighted by molar-refractivity contribution is 6.30. The summed E-state index contributed by atoms with van der Waals surface area (Å²) in [4.78, 5) is 22.6. The van der Waals surface area contributed by atoms with E-state index in [0.29, 0.717) is 30.7 Å². The molecule has 1 aliphatic heterocycles. The lowest BCUT2D eigenvalue weighted by molar-refractivity contribution is 0.0748. The monoisotopic (exact) mass is 487 g/mol. The number of aryl methyl sites for hydroxylation is 4. The van der Waals surface area contributed by atoms with Crippen LogP contribution in [-0.2, 0) is 6.42 Å². The molecular weight excluding hydrogens is 458 g/mol. The maximum absolute atomic E-state index is 13.5. The van der Waals surface area contributed by atoms with Crippen molar-refractivity contribution in [3.63, 3.8) is 0 Å². The van der Waals surface area contributed by atoms with Crippen LogP contribution in [0.25, 0.3) is 5.65 Å². The van der Waals surface area contributed by atoms with Gasteiger partial charge in [0.05, 0.1) is 6.20 Å². The van der Waals surface area contributed by atoms with Crippen molar-refractivity contribution in [2.24, 2.45) is 0 Å². The van der Waals surface area contributed by atoms with E-state index < -0.39 is 0 Å². The minimum atomic E-state index is -0.00509. The van der Waals surface area contributed by atoms with Gasteiger partial charge in [-0.25, -0.2) is 9.50 Å². The summed E-state index contributed by atoms with van der Waals surface area (Å²) in [5.41, 5.74) is 9.08. The van der Waals surface area contributed by atoms with Crippen molar-refractivity contribution in [2.45, 2.75) is 34.1 Å². The lowest BCUT2D eigenvalue weighted by Gasteiger charge is -2.36. The second-order valence-corrected chi connectivity index (χ2v) is 9.87. The molecule has 6 nitrogen and oxygen atoms in total. The van der Waals surface area contributed by atoms with Gasteiger partial charge in [-0.15, -0.1) is 0 Å². The van der Waals surface area contributed by atoms with E-state index in [-0.39, 0.29) is 5.91 Å². The lowest BCUT2D eigenvalue weighted by Crippen LogP contribution is -2.49. The van der Waals surface area contributed by atoms with Crippen molar-refractivity contribution in [2.75, 3.05) is 31.1 Å². The SMILES string of the molecule is Cc1ccc(C)c(N2CCN(C(=O)c3cnn4c(C)c(Cc5cccc(Cl)c5)c(C)nc34)CC2)c1. The van der Waals surface area contributed by atoms with E-state index in [9.17, 15) is 4.79 Å². The highest BCUT2D eigenvalue weighted by Crippen LogP contribution is 2.25. The van der Waals surface area contributed by atoms with Crippen molar-refractivity contribution in [1.82, 2.24) is 19.5 Å². The van der Waals surface area contributed by atoms with E-state index in [2.05, 4.69) is 48.1 Å². The second kappa shape index (κ2) is 9.34. The summed E-state index contributed by atoms with van der Waals surface area (Å²) >= 11 is 6.18. The first-order chi connectivity index (χ1) is 16.8. The predicted molar refractivity (Wildman–Crippen MR) is 141 cm³/mol. The van der Waals surface area contributed by atoms with E-state index in [1.54, 1.807) is 10.7 Å². The molecular formula is C28H30ClN5O. The fraction of sp³-hybridized carbons (Fsp3) is 0.321. The van der Waals surface area contributed by atoms with Gasteiger partial charge in [0.25, 0.3) is 5.91 Å². The molecule has 1 amide bonds. The fourth-order valence-electron chi connectivity index (χ4n) is 4.95. The van der Waals surface area contributed by atoms with Crippen LogP contribution in [0.2, 0.25) is 5.02 Å². The van der Waals surface area contributed by atoms with Gasteiger partial charge in [-0.3, -0.25) is 4.79 Å². The maximum atomic E-state index is 13.5. The average molecular weight is 488 g/mol. The second-order valence-electron chi connectivity index (χ2n) is 9.43. The molecule has 0 atom stereocenters. The van der Waals surface area contributed by atoms with Crippen LogP contribution in [0.4, 0.5) is 5.69 Å². The van der Waals surface area contributed by atoms with Crippen molar-refractivity contribution in [1.29, 1.82) is 0 Å². The van der Waals surface area contributed by atoms with Gasteiger partial charge >= 0.3 is 0 Å². The number of hydrogen-bond acceptors (Lipinski definition) is 4. The fourth-order valence-corrected chi connectivity index (χ4v) is 5.16. The van der Waals surface area contributed by atoms with Gasteiger partial charge < -0.3 is 9.80 Å². The first kappa shape index (κ1) is 23.4. The Hall–Kier alpha value is -3.38. The number of carbonyl (C=O) groups excluding carboxylic acids is 1. The molecule has 0 aliphatic carbocycles. The maximum Gasteiger partial charge on any atom is 0.259 e. The molecule has 0 N–H and O–H groups in total. The highest BCUT2D eigenvalue weighted by Gasteiger charge is 2.26. The first-order valence-corrected chi connectivity index (χ1v) is 12.4. The first-order valence-electron chi connectivity index (χ1n) is 12.0. The highest BCUT2D eigenvalue weighted by atomic mass is 35.5. The largest absolute Gasteiger partial charge is 0.368 e. The Morgan fingerprint density at radius 3 is 2.51 bits per heavy atom. The lowest BCUT2D eigenvalue weighted by atomic mass is 10.0. The number of benzene rings is 2. The Labute approximate surface area is 211 Å². The summed E-state index contributed by atoms with van der Waals surface area (Å²) in [5.74, 6) is -0.00509. The molecule has 1 aliphatic rings. The summed E-state index contributed by atoms with van der Waals surface area (Å²) in [5, 5.41) is 5.27. The Balaban J connectivity index is 1.37. The van der Waals surface area contributed by atoms with Crippen LogP contribution in [0, 0.1) is 27.7 Å². The number of fused-ring (bicyclic) bond motifs is 1. The van der Waals surface area contributed by atoms with Crippen molar-refractivity contribution < 1.29 is 4.79 Å². The van der Waals surface area contributed by atoms with Gasteiger partial charge in [0.15, 0.2) is 5.65 Å². The number of nitrogens with zero attached hydrogens (tertiary/aromatic N) is 5. The Bertz CT molecular complexity index is 1420. The van der Waals surface area contributed by atoms with Gasteiger partial charge in [0.2, 0.25) is 0 Å². The normalized spacial score (nSPS) is 14.1. The summed E-state index contributed by atoms with van der Waals surface area (Å²) < 4.78 is 1.80. The molecule has 3 heterocycles. The number of aromatic nitrogens is 3. The third-order valence-corrected chi connectivity index (χ3v) is 7.22. The number of carbonyl (C=O) groups is 1. The molecule has 5 rings (SSSR count). The number of amides is 1. The van der Waals surface area contributed by atoms with Crippen LogP contribution in [0.1, 0.15) is 44.0 Å². The molecule has 180 valence electrons. The predicted octanol–water partition coefficient (Wildman–Crippen LogP) is 5.17. The number of halogens is 1. The van der Waals surface area contributed by atoms with E-state index in [4.69, 9.17) is 16.6 Å². The molecule has 0 saturated carbocycles. The summed E-state index contributed by atoms with van der Waals surface area (Å²) in [6.07, 6.45) is 2.38. The third-order valence-electron chi connectivity index (χ3n) is 6.98. The van der Waals surface area contributed by atoms with E-state index in [0.717, 1.165) is 40.6 Å². The van der Waals surface area contributed by atoms with E-state index >= 15 is 0 Å². The quantitative estimate of drug-likeness (QED) is 0.398. The van der Waals surface area contributed by atoms with Gasteiger partial charge in [0, 0.05) is 54.7 Å². The molecule has 2 aromatic heterocycles. The van der Waals surface area contributed by atoms with E-state index in [1.165, 1.54) is 16.8 Å². The van der Waals surface area contributed by atoms with Crippen molar-refractivity contribution in [3.8, 4) is 0 Å². The standard InChI is InChI=1S/C28H30ClN5O/c1-18-8-9-19(2)26(14-18)32-10-12-33(13-11-32)28(35)25-17-30-34-21(4)24(20(3)31-27(25)34)16-22-6-5-7-23(29)15-22/h5-9,14-15,17H,10-13,16H2,1-4H3. The van der Waals surface area contributed by atoms with Crippen LogP contribution in [-0.4, -0.2) is 51.6 Å². The van der Waals surface area contributed by atoms with Crippen LogP contribution in [0.15, 0.2) is 48.7 Å². The molecule has 35 heavy (non-hydrogen) atoms. The molecule has 4 aromatic rings. The molecule has 1 saturated heterocycles. The zero-order chi connectivity index (χ0) is 24.7. The zero-order valence-corrected chi connectivity index (χ0v) is 21.4. The summed E-state index contributed by atoms with van der Waals surface area (Å²) in [6.45, 7) is 11.3. The van der Waals surface area contributed by atoms with Gasteiger partial charge in [-0.05, 0) is 68.1 Å². The molecule has 0 unspecified atom stereocenters. The third kappa shape index (κ3) is 4.50. The molecule has 0 radical (unpaired) electrons. The number of rotatable bonds is 4. The van der Waals surface area contributed by atoms with Crippen molar-refractivity contribution in [3.05, 3.63) is 92.9 Å². The number of hydrogen-bond donors (Lipinski definition) is 0. The Morgan fingerprint density at radius 1 is 1.00 bits per heavy atom.